The molecule has 0 aliphatic carbocycles. The Kier molecular flexibility index (Phi) is 6.39. The predicted octanol–water partition coefficient (Wildman–Crippen LogP) is 2.54. The second kappa shape index (κ2) is 8.30. The molecule has 1 saturated heterocycles. The lowest BCUT2D eigenvalue weighted by Crippen LogP contribution is -2.51. The number of hydrogen-bond donors (Lipinski definition) is 0. The lowest BCUT2D eigenvalue weighted by molar-refractivity contribution is -0.386. The van der Waals surface area contributed by atoms with E-state index in [0.29, 0.717) is 11.8 Å². The van der Waals surface area contributed by atoms with Gasteiger partial charge in [-0.15, -0.1) is 0 Å². The highest BCUT2D eigenvalue weighted by Crippen LogP contribution is 2.33. The van der Waals surface area contributed by atoms with Crippen LogP contribution in [0.2, 0.25) is 0 Å². The number of piperazine rings is 1. The maximum Gasteiger partial charge on any atom is 0.311 e. The van der Waals surface area contributed by atoms with Gasteiger partial charge in [0.2, 0.25) is 0 Å². The zero-order valence-corrected chi connectivity index (χ0v) is 14.9. The molecule has 1 atom stereocenters. The van der Waals surface area contributed by atoms with Crippen molar-refractivity contribution in [1.82, 2.24) is 4.90 Å². The van der Waals surface area contributed by atoms with Gasteiger partial charge in [0.25, 0.3) is 0 Å². The zero-order chi connectivity index (χ0) is 17.7. The Labute approximate surface area is 143 Å². The Morgan fingerprint density at radius 3 is 2.75 bits per heavy atom. The standard InChI is InChI=1S/C17H27N3O4/c1-13(2)24-17-11-14(5-6-16(17)20(21)22)19-9-8-18(3)15(12-19)7-10-23-4/h5-6,11,13,15H,7-10,12H2,1-4H3/t15-/m0/s1. The van der Waals surface area contributed by atoms with Crippen LogP contribution < -0.4 is 9.64 Å². The average molecular weight is 337 g/mol. The fourth-order valence-corrected chi connectivity index (χ4v) is 2.94. The number of nitro groups is 1. The van der Waals surface area contributed by atoms with Crippen molar-refractivity contribution in [1.29, 1.82) is 0 Å². The molecule has 7 nitrogen and oxygen atoms in total. The highest BCUT2D eigenvalue weighted by atomic mass is 16.6. The number of nitro benzene ring substituents is 1. The highest BCUT2D eigenvalue weighted by molar-refractivity contribution is 5.59. The number of benzene rings is 1. The Bertz CT molecular complexity index is 565. The molecule has 0 spiro atoms. The van der Waals surface area contributed by atoms with Crippen LogP contribution in [0, 0.1) is 10.1 Å². The molecule has 0 saturated carbocycles. The van der Waals surface area contributed by atoms with Crippen LogP contribution in [0.4, 0.5) is 11.4 Å². The molecule has 0 unspecified atom stereocenters. The van der Waals surface area contributed by atoms with Crippen LogP contribution in [-0.2, 0) is 4.74 Å². The summed E-state index contributed by atoms with van der Waals surface area (Å²) in [4.78, 5) is 15.4. The van der Waals surface area contributed by atoms with Crippen molar-refractivity contribution in [3.05, 3.63) is 28.3 Å². The molecule has 7 heteroatoms. The van der Waals surface area contributed by atoms with E-state index in [9.17, 15) is 10.1 Å². The predicted molar refractivity (Wildman–Crippen MR) is 94.0 cm³/mol. The van der Waals surface area contributed by atoms with Crippen molar-refractivity contribution in [3.63, 3.8) is 0 Å². The van der Waals surface area contributed by atoms with Gasteiger partial charge >= 0.3 is 5.69 Å². The zero-order valence-electron chi connectivity index (χ0n) is 14.9. The monoisotopic (exact) mass is 337 g/mol. The van der Waals surface area contributed by atoms with E-state index in [1.165, 1.54) is 6.07 Å². The summed E-state index contributed by atoms with van der Waals surface area (Å²) in [6.07, 6.45) is 0.854. The first-order valence-electron chi connectivity index (χ1n) is 8.31. The van der Waals surface area contributed by atoms with Crippen LogP contribution >= 0.6 is 0 Å². The van der Waals surface area contributed by atoms with E-state index in [1.54, 1.807) is 13.2 Å². The van der Waals surface area contributed by atoms with Crippen molar-refractivity contribution >= 4 is 11.4 Å². The second-order valence-electron chi connectivity index (χ2n) is 6.44. The maximum atomic E-state index is 11.2. The minimum Gasteiger partial charge on any atom is -0.484 e. The number of anilines is 1. The van der Waals surface area contributed by atoms with Gasteiger partial charge in [0.15, 0.2) is 5.75 Å². The van der Waals surface area contributed by atoms with E-state index >= 15 is 0 Å². The third kappa shape index (κ3) is 4.58. The Balaban J connectivity index is 2.19. The van der Waals surface area contributed by atoms with Gasteiger partial charge in [-0.25, -0.2) is 0 Å². The molecule has 1 aromatic carbocycles. The number of hydrogen-bond acceptors (Lipinski definition) is 6. The fraction of sp³-hybridized carbons (Fsp3) is 0.647. The average Bonchev–Trinajstić information content (AvgIpc) is 2.53. The number of methoxy groups -OCH3 is 1. The van der Waals surface area contributed by atoms with E-state index in [2.05, 4.69) is 16.8 Å². The largest absolute Gasteiger partial charge is 0.484 e. The fourth-order valence-electron chi connectivity index (χ4n) is 2.94. The minimum absolute atomic E-state index is 0.0116. The quantitative estimate of drug-likeness (QED) is 0.563. The molecule has 1 aliphatic heterocycles. The van der Waals surface area contributed by atoms with Crippen molar-refractivity contribution in [2.45, 2.75) is 32.4 Å². The molecule has 1 heterocycles. The van der Waals surface area contributed by atoms with Crippen LogP contribution in [-0.4, -0.2) is 62.4 Å². The Morgan fingerprint density at radius 1 is 1.38 bits per heavy atom. The minimum atomic E-state index is -0.396. The van der Waals surface area contributed by atoms with Gasteiger partial charge < -0.3 is 14.4 Å². The number of likely N-dealkylation sites (N-methyl/N-ethyl adjacent to an activating group) is 1. The van der Waals surface area contributed by atoms with E-state index in [-0.39, 0.29) is 11.8 Å². The van der Waals surface area contributed by atoms with Gasteiger partial charge in [0, 0.05) is 57.2 Å². The van der Waals surface area contributed by atoms with E-state index < -0.39 is 4.92 Å². The first-order chi connectivity index (χ1) is 11.4. The third-order valence-electron chi connectivity index (χ3n) is 4.30. The van der Waals surface area contributed by atoms with E-state index in [4.69, 9.17) is 9.47 Å². The lowest BCUT2D eigenvalue weighted by Gasteiger charge is -2.40. The van der Waals surface area contributed by atoms with Gasteiger partial charge in [-0.2, -0.15) is 0 Å². The molecule has 0 N–H and O–H groups in total. The lowest BCUT2D eigenvalue weighted by atomic mass is 10.1. The first-order valence-corrected chi connectivity index (χ1v) is 8.31. The topological polar surface area (TPSA) is 68.1 Å². The van der Waals surface area contributed by atoms with Crippen molar-refractivity contribution in [2.24, 2.45) is 0 Å². The van der Waals surface area contributed by atoms with Crippen LogP contribution in [0.5, 0.6) is 5.75 Å². The molecule has 24 heavy (non-hydrogen) atoms. The summed E-state index contributed by atoms with van der Waals surface area (Å²) in [7, 11) is 3.84. The molecule has 0 radical (unpaired) electrons. The molecular weight excluding hydrogens is 310 g/mol. The van der Waals surface area contributed by atoms with Crippen LogP contribution in [0.15, 0.2) is 18.2 Å². The molecule has 1 fully saturated rings. The highest BCUT2D eigenvalue weighted by Gasteiger charge is 2.26. The van der Waals surface area contributed by atoms with Gasteiger partial charge in [-0.05, 0) is 33.4 Å². The summed E-state index contributed by atoms with van der Waals surface area (Å²) in [6.45, 7) is 7.17. The molecule has 1 aliphatic rings. The number of ether oxygens (including phenoxy) is 2. The van der Waals surface area contributed by atoms with Crippen molar-refractivity contribution in [3.8, 4) is 5.75 Å². The number of rotatable bonds is 7. The summed E-state index contributed by atoms with van der Waals surface area (Å²) in [5.74, 6) is 0.333. The van der Waals surface area contributed by atoms with Gasteiger partial charge in [-0.1, -0.05) is 0 Å². The maximum absolute atomic E-state index is 11.2. The smallest absolute Gasteiger partial charge is 0.311 e. The van der Waals surface area contributed by atoms with E-state index in [1.807, 2.05) is 19.9 Å². The molecular formula is C17H27N3O4. The molecule has 2 rings (SSSR count). The number of nitrogens with zero attached hydrogens (tertiary/aromatic N) is 3. The molecule has 0 aromatic heterocycles. The summed E-state index contributed by atoms with van der Waals surface area (Å²) < 4.78 is 10.9. The SMILES string of the molecule is COCC[C@H]1CN(c2ccc([N+](=O)[O-])c(OC(C)C)c2)CCN1C. The van der Waals surface area contributed by atoms with E-state index in [0.717, 1.165) is 38.3 Å². The van der Waals surface area contributed by atoms with Gasteiger partial charge in [-0.3, -0.25) is 15.0 Å². The summed E-state index contributed by atoms with van der Waals surface area (Å²) >= 11 is 0. The second-order valence-corrected chi connectivity index (χ2v) is 6.44. The third-order valence-corrected chi connectivity index (χ3v) is 4.30. The summed E-state index contributed by atoms with van der Waals surface area (Å²) in [5.41, 5.74) is 0.976. The summed E-state index contributed by atoms with van der Waals surface area (Å²) in [5, 5.41) is 11.2. The summed E-state index contributed by atoms with van der Waals surface area (Å²) in [6, 6.07) is 5.54. The van der Waals surface area contributed by atoms with Gasteiger partial charge in [0.1, 0.15) is 0 Å². The molecule has 0 bridgehead atoms. The molecule has 1 aromatic rings. The Morgan fingerprint density at radius 2 is 2.12 bits per heavy atom. The van der Waals surface area contributed by atoms with Crippen LogP contribution in [0.25, 0.3) is 0 Å². The van der Waals surface area contributed by atoms with Crippen molar-refractivity contribution < 1.29 is 14.4 Å². The molecule has 0 amide bonds. The van der Waals surface area contributed by atoms with Gasteiger partial charge in [0.05, 0.1) is 11.0 Å². The molecule has 134 valence electrons. The van der Waals surface area contributed by atoms with Crippen LogP contribution in [0.1, 0.15) is 20.3 Å². The first kappa shape index (κ1) is 18.5. The Hall–Kier alpha value is -1.86. The van der Waals surface area contributed by atoms with Crippen molar-refractivity contribution in [2.75, 3.05) is 45.3 Å². The normalized spacial score (nSPS) is 18.9. The van der Waals surface area contributed by atoms with Crippen LogP contribution in [0.3, 0.4) is 0 Å².